The summed E-state index contributed by atoms with van der Waals surface area (Å²) in [5.74, 6) is 0.747. The highest BCUT2D eigenvalue weighted by atomic mass is 35.5. The molecule has 2 aromatic carbocycles. The molecule has 0 fully saturated rings. The van der Waals surface area contributed by atoms with Crippen LogP contribution in [0.1, 0.15) is 45.4 Å². The van der Waals surface area contributed by atoms with Crippen molar-refractivity contribution in [3.05, 3.63) is 48.5 Å². The zero-order chi connectivity index (χ0) is 19.6. The Morgan fingerprint density at radius 1 is 0.786 bits per heavy atom. The smallest absolute Gasteiger partial charge is 0.0552 e. The normalized spacial score (nSPS) is 12.9. The third kappa shape index (κ3) is 5.92. The number of hydrogen-bond donors (Lipinski definition) is 0. The molecule has 1 aliphatic heterocycles. The van der Waals surface area contributed by atoms with Crippen molar-refractivity contribution in [2.45, 2.75) is 55.2 Å². The highest BCUT2D eigenvalue weighted by Crippen LogP contribution is 2.47. The summed E-state index contributed by atoms with van der Waals surface area (Å²) in [6, 6.07) is 17.6. The highest BCUT2D eigenvalue weighted by molar-refractivity contribution is 7.99. The molecule has 1 heterocycles. The standard InChI is InChI=1S/C24H33ClN2S/c1-2-17-26(20-16-25)18-10-4-3-5-11-19-27-21-12-6-8-14-23(21)28-24-15-9-7-13-22(24)27/h6-9,12-15H,2-5,10-11,16-20H2,1H3. The van der Waals surface area contributed by atoms with E-state index in [2.05, 4.69) is 65.3 Å². The number of fused-ring (bicyclic) bond motifs is 2. The van der Waals surface area contributed by atoms with Crippen molar-refractivity contribution in [3.8, 4) is 0 Å². The van der Waals surface area contributed by atoms with Crippen LogP contribution in [0.15, 0.2) is 58.3 Å². The monoisotopic (exact) mass is 416 g/mol. The molecule has 0 saturated heterocycles. The average molecular weight is 417 g/mol. The van der Waals surface area contributed by atoms with Crippen LogP contribution >= 0.6 is 23.4 Å². The average Bonchev–Trinajstić information content (AvgIpc) is 2.72. The second-order valence-electron chi connectivity index (χ2n) is 7.49. The molecule has 0 amide bonds. The number of para-hydroxylation sites is 2. The summed E-state index contributed by atoms with van der Waals surface area (Å²) in [5.41, 5.74) is 2.73. The quantitative estimate of drug-likeness (QED) is 0.267. The molecule has 2 aromatic rings. The minimum atomic E-state index is 0.747. The van der Waals surface area contributed by atoms with Gasteiger partial charge >= 0.3 is 0 Å². The predicted octanol–water partition coefficient (Wildman–Crippen LogP) is 7.19. The number of anilines is 2. The lowest BCUT2D eigenvalue weighted by Crippen LogP contribution is -2.27. The molecule has 0 atom stereocenters. The molecular formula is C24H33ClN2S. The van der Waals surface area contributed by atoms with Crippen LogP contribution in [-0.4, -0.2) is 37.0 Å². The summed E-state index contributed by atoms with van der Waals surface area (Å²) >= 11 is 7.80. The third-order valence-corrected chi connectivity index (χ3v) is 6.63. The van der Waals surface area contributed by atoms with E-state index in [0.29, 0.717) is 0 Å². The Balaban J connectivity index is 1.44. The van der Waals surface area contributed by atoms with Crippen LogP contribution in [-0.2, 0) is 0 Å². The van der Waals surface area contributed by atoms with Gasteiger partial charge in [-0.2, -0.15) is 0 Å². The Morgan fingerprint density at radius 3 is 2.04 bits per heavy atom. The number of benzene rings is 2. The molecule has 2 nitrogen and oxygen atoms in total. The van der Waals surface area contributed by atoms with E-state index in [1.165, 1.54) is 72.8 Å². The maximum Gasteiger partial charge on any atom is 0.0552 e. The van der Waals surface area contributed by atoms with Gasteiger partial charge in [-0.3, -0.25) is 0 Å². The van der Waals surface area contributed by atoms with Gasteiger partial charge in [-0.1, -0.05) is 62.2 Å². The molecule has 4 heteroatoms. The van der Waals surface area contributed by atoms with Gasteiger partial charge in [0, 0.05) is 28.8 Å². The van der Waals surface area contributed by atoms with Crippen molar-refractivity contribution < 1.29 is 0 Å². The molecule has 0 unspecified atom stereocenters. The molecule has 0 radical (unpaired) electrons. The van der Waals surface area contributed by atoms with E-state index in [0.717, 1.165) is 19.0 Å². The second kappa shape index (κ2) is 11.7. The molecule has 3 rings (SSSR count). The van der Waals surface area contributed by atoms with Crippen molar-refractivity contribution in [1.82, 2.24) is 4.90 Å². The summed E-state index contributed by atoms with van der Waals surface area (Å²) in [4.78, 5) is 7.77. The van der Waals surface area contributed by atoms with Gasteiger partial charge < -0.3 is 9.80 Å². The first-order valence-electron chi connectivity index (χ1n) is 10.7. The van der Waals surface area contributed by atoms with E-state index >= 15 is 0 Å². The van der Waals surface area contributed by atoms with Crippen molar-refractivity contribution in [3.63, 3.8) is 0 Å². The molecule has 28 heavy (non-hydrogen) atoms. The third-order valence-electron chi connectivity index (χ3n) is 5.33. The molecule has 0 aromatic heterocycles. The Labute approximate surface area is 180 Å². The van der Waals surface area contributed by atoms with Crippen molar-refractivity contribution in [2.24, 2.45) is 0 Å². The molecule has 0 aliphatic carbocycles. The topological polar surface area (TPSA) is 6.48 Å². The van der Waals surface area contributed by atoms with E-state index in [9.17, 15) is 0 Å². The minimum Gasteiger partial charge on any atom is -0.340 e. The summed E-state index contributed by atoms with van der Waals surface area (Å²) in [5, 5.41) is 0. The van der Waals surface area contributed by atoms with Gasteiger partial charge in [0.2, 0.25) is 0 Å². The van der Waals surface area contributed by atoms with Crippen LogP contribution in [0, 0.1) is 0 Å². The van der Waals surface area contributed by atoms with E-state index < -0.39 is 0 Å². The van der Waals surface area contributed by atoms with Crippen LogP contribution in [0.2, 0.25) is 0 Å². The van der Waals surface area contributed by atoms with Crippen LogP contribution < -0.4 is 4.90 Å². The number of alkyl halides is 1. The number of unbranched alkanes of at least 4 members (excludes halogenated alkanes) is 4. The van der Waals surface area contributed by atoms with E-state index in [4.69, 9.17) is 11.6 Å². The lowest BCUT2D eigenvalue weighted by Gasteiger charge is -2.32. The first-order valence-corrected chi connectivity index (χ1v) is 12.1. The van der Waals surface area contributed by atoms with Gasteiger partial charge in [0.25, 0.3) is 0 Å². The fourth-order valence-corrected chi connectivity index (χ4v) is 5.26. The molecule has 0 bridgehead atoms. The molecular weight excluding hydrogens is 384 g/mol. The zero-order valence-electron chi connectivity index (χ0n) is 17.1. The van der Waals surface area contributed by atoms with Gasteiger partial charge in [0.05, 0.1) is 11.4 Å². The Kier molecular flexibility index (Phi) is 9.04. The van der Waals surface area contributed by atoms with Gasteiger partial charge in [-0.05, 0) is 56.6 Å². The fourth-order valence-electron chi connectivity index (χ4n) is 3.93. The minimum absolute atomic E-state index is 0.747. The summed E-state index contributed by atoms with van der Waals surface area (Å²) < 4.78 is 0. The maximum absolute atomic E-state index is 5.91. The number of halogens is 1. The molecule has 1 aliphatic rings. The lowest BCUT2D eigenvalue weighted by molar-refractivity contribution is 0.282. The van der Waals surface area contributed by atoms with E-state index in [-0.39, 0.29) is 0 Å². The molecule has 152 valence electrons. The maximum atomic E-state index is 5.91. The van der Waals surface area contributed by atoms with Crippen molar-refractivity contribution in [1.29, 1.82) is 0 Å². The summed E-state index contributed by atoms with van der Waals surface area (Å²) in [6.07, 6.45) is 7.71. The zero-order valence-corrected chi connectivity index (χ0v) is 18.7. The molecule has 0 saturated carbocycles. The molecule has 0 N–H and O–H groups in total. The Bertz CT molecular complexity index is 670. The van der Waals surface area contributed by atoms with Gasteiger partial charge in [-0.15, -0.1) is 11.6 Å². The largest absolute Gasteiger partial charge is 0.340 e. The number of rotatable bonds is 12. The first kappa shape index (κ1) is 21.5. The predicted molar refractivity (Wildman–Crippen MR) is 125 cm³/mol. The summed E-state index contributed by atoms with van der Waals surface area (Å²) in [7, 11) is 0. The van der Waals surface area contributed by atoms with E-state index in [1.807, 2.05) is 11.8 Å². The van der Waals surface area contributed by atoms with Crippen LogP contribution in [0.25, 0.3) is 0 Å². The van der Waals surface area contributed by atoms with Gasteiger partial charge in [0.1, 0.15) is 0 Å². The number of nitrogens with zero attached hydrogens (tertiary/aromatic N) is 2. The van der Waals surface area contributed by atoms with Crippen molar-refractivity contribution in [2.75, 3.05) is 37.0 Å². The van der Waals surface area contributed by atoms with E-state index in [1.54, 1.807) is 0 Å². The fraction of sp³-hybridized carbons (Fsp3) is 0.500. The Morgan fingerprint density at radius 2 is 1.39 bits per heavy atom. The second-order valence-corrected chi connectivity index (χ2v) is 8.95. The SMILES string of the molecule is CCCN(CCCl)CCCCCCCN1c2ccccc2Sc2ccccc21. The van der Waals surface area contributed by atoms with Crippen LogP contribution in [0.4, 0.5) is 11.4 Å². The molecule has 0 spiro atoms. The van der Waals surface area contributed by atoms with Gasteiger partial charge in [0.15, 0.2) is 0 Å². The van der Waals surface area contributed by atoms with Gasteiger partial charge in [-0.25, -0.2) is 0 Å². The van der Waals surface area contributed by atoms with Crippen LogP contribution in [0.5, 0.6) is 0 Å². The highest BCUT2D eigenvalue weighted by Gasteiger charge is 2.22. The number of hydrogen-bond acceptors (Lipinski definition) is 3. The lowest BCUT2D eigenvalue weighted by atomic mass is 10.1. The van der Waals surface area contributed by atoms with Crippen LogP contribution in [0.3, 0.4) is 0 Å². The first-order chi connectivity index (χ1) is 13.8. The summed E-state index contributed by atoms with van der Waals surface area (Å²) in [6.45, 7) is 6.75. The Hall–Kier alpha value is -1.16. The van der Waals surface area contributed by atoms with Crippen molar-refractivity contribution >= 4 is 34.7 Å².